The van der Waals surface area contributed by atoms with E-state index >= 15 is 0 Å². The van der Waals surface area contributed by atoms with E-state index in [0.717, 1.165) is 48.7 Å². The molecule has 0 aliphatic carbocycles. The summed E-state index contributed by atoms with van der Waals surface area (Å²) in [7, 11) is 0. The van der Waals surface area contributed by atoms with Gasteiger partial charge in [-0.05, 0) is 67.7 Å². The van der Waals surface area contributed by atoms with Crippen LogP contribution in [-0.4, -0.2) is 83.6 Å². The van der Waals surface area contributed by atoms with Crippen LogP contribution in [0.2, 0.25) is 0 Å². The smallest absolute Gasteiger partial charge is 0.243 e. The molecule has 0 bridgehead atoms. The number of hydrogen-bond donors (Lipinski definition) is 4. The lowest BCUT2D eigenvalue weighted by Gasteiger charge is -2.29. The predicted octanol–water partition coefficient (Wildman–Crippen LogP) is 1.60. The molecule has 0 radical (unpaired) electrons. The topological polar surface area (TPSA) is 177 Å². The second kappa shape index (κ2) is 15.5. The minimum Gasteiger partial charge on any atom is -0.370 e. The van der Waals surface area contributed by atoms with Crippen molar-refractivity contribution in [2.24, 2.45) is 22.2 Å². The first kappa shape index (κ1) is 31.9. The van der Waals surface area contributed by atoms with Gasteiger partial charge in [0.05, 0.1) is 12.1 Å². The normalized spacial score (nSPS) is 18.2. The van der Waals surface area contributed by atoms with Crippen LogP contribution in [0.15, 0.2) is 47.5 Å². The van der Waals surface area contributed by atoms with E-state index in [1.807, 2.05) is 47.4 Å². The van der Waals surface area contributed by atoms with Gasteiger partial charge in [-0.25, -0.2) is 0 Å². The van der Waals surface area contributed by atoms with Crippen LogP contribution in [0, 0.1) is 0 Å². The van der Waals surface area contributed by atoms with Gasteiger partial charge in [0.1, 0.15) is 6.04 Å². The molecule has 11 nitrogen and oxygen atoms in total. The summed E-state index contributed by atoms with van der Waals surface area (Å²) in [5, 5.41) is 5.07. The number of amides is 3. The van der Waals surface area contributed by atoms with Crippen molar-refractivity contribution >= 4 is 40.2 Å². The number of nitrogens with one attached hydrogen (secondary N) is 1. The average molecular weight is 592 g/mol. The molecule has 4 rings (SSSR count). The van der Waals surface area contributed by atoms with Gasteiger partial charge in [-0.15, -0.1) is 0 Å². The number of aliphatic imine (C=N–C) groups is 1. The molecule has 2 heterocycles. The molecule has 232 valence electrons. The third-order valence-corrected chi connectivity index (χ3v) is 8.37. The Hall–Kier alpha value is -3.99. The van der Waals surface area contributed by atoms with Crippen molar-refractivity contribution in [3.05, 3.63) is 48.0 Å². The van der Waals surface area contributed by atoms with Crippen molar-refractivity contribution in [2.75, 3.05) is 26.2 Å². The summed E-state index contributed by atoms with van der Waals surface area (Å²) in [6.45, 7) is 2.18. The summed E-state index contributed by atoms with van der Waals surface area (Å²) in [4.78, 5) is 60.2. The molecule has 0 spiro atoms. The average Bonchev–Trinajstić information content (AvgIpc) is 3.51. The highest BCUT2D eigenvalue weighted by molar-refractivity contribution is 5.95. The summed E-state index contributed by atoms with van der Waals surface area (Å²) >= 11 is 0. The minimum absolute atomic E-state index is 0.0342. The van der Waals surface area contributed by atoms with Crippen molar-refractivity contribution in [1.82, 2.24) is 15.1 Å². The Morgan fingerprint density at radius 3 is 2.42 bits per heavy atom. The molecule has 43 heavy (non-hydrogen) atoms. The Morgan fingerprint density at radius 2 is 1.67 bits per heavy atom. The second-order valence-corrected chi connectivity index (χ2v) is 11.6. The molecule has 7 N–H and O–H groups in total. The number of fused-ring (bicyclic) bond motifs is 1. The summed E-state index contributed by atoms with van der Waals surface area (Å²) < 4.78 is 0. The fourth-order valence-corrected chi connectivity index (χ4v) is 6.01. The number of carbonyl (C=O) groups excluding carboxylic acids is 4. The van der Waals surface area contributed by atoms with Crippen molar-refractivity contribution in [1.29, 1.82) is 0 Å². The number of likely N-dealkylation sites (tertiary alicyclic amines) is 2. The Kier molecular flexibility index (Phi) is 11.5. The Balaban J connectivity index is 1.37. The minimum atomic E-state index is -0.806. The van der Waals surface area contributed by atoms with Gasteiger partial charge in [0, 0.05) is 39.0 Å². The van der Waals surface area contributed by atoms with E-state index < -0.39 is 18.1 Å². The van der Waals surface area contributed by atoms with Crippen LogP contribution in [0.25, 0.3) is 10.8 Å². The zero-order valence-electron chi connectivity index (χ0n) is 24.9. The van der Waals surface area contributed by atoms with Gasteiger partial charge in [-0.2, -0.15) is 0 Å². The third kappa shape index (κ3) is 9.00. The lowest BCUT2D eigenvalue weighted by atomic mass is 10.0. The van der Waals surface area contributed by atoms with Crippen LogP contribution < -0.4 is 22.5 Å². The quantitative estimate of drug-likeness (QED) is 0.155. The maximum atomic E-state index is 13.5. The molecule has 2 aliphatic rings. The predicted molar refractivity (Wildman–Crippen MR) is 167 cm³/mol. The number of nitrogens with two attached hydrogens (primary N) is 3. The van der Waals surface area contributed by atoms with E-state index in [2.05, 4.69) is 10.3 Å². The number of rotatable bonds is 13. The second-order valence-electron chi connectivity index (χ2n) is 11.6. The number of ketones is 1. The molecular formula is C32H45N7O4. The van der Waals surface area contributed by atoms with Gasteiger partial charge < -0.3 is 32.3 Å². The molecule has 2 aromatic carbocycles. The van der Waals surface area contributed by atoms with E-state index in [1.165, 1.54) is 0 Å². The number of piperidine rings is 1. The van der Waals surface area contributed by atoms with Crippen molar-refractivity contribution in [2.45, 2.75) is 82.3 Å². The molecule has 3 amide bonds. The van der Waals surface area contributed by atoms with Crippen LogP contribution in [0.3, 0.4) is 0 Å². The van der Waals surface area contributed by atoms with E-state index in [1.54, 1.807) is 4.90 Å². The number of guanidine groups is 1. The van der Waals surface area contributed by atoms with E-state index in [0.29, 0.717) is 45.2 Å². The number of carbonyl (C=O) groups is 4. The first-order valence-corrected chi connectivity index (χ1v) is 15.4. The largest absolute Gasteiger partial charge is 0.370 e. The highest BCUT2D eigenvalue weighted by atomic mass is 16.2. The van der Waals surface area contributed by atoms with Gasteiger partial charge in [-0.3, -0.25) is 24.2 Å². The van der Waals surface area contributed by atoms with Crippen molar-refractivity contribution < 1.29 is 19.2 Å². The molecule has 3 atom stereocenters. The van der Waals surface area contributed by atoms with Crippen LogP contribution in [0.4, 0.5) is 0 Å². The van der Waals surface area contributed by atoms with Crippen molar-refractivity contribution in [3.63, 3.8) is 0 Å². The van der Waals surface area contributed by atoms with Gasteiger partial charge in [0.25, 0.3) is 0 Å². The number of hydrogen-bond acceptors (Lipinski definition) is 6. The van der Waals surface area contributed by atoms with E-state index in [-0.39, 0.29) is 42.3 Å². The highest BCUT2D eigenvalue weighted by Crippen LogP contribution is 2.21. The molecule has 1 unspecified atom stereocenters. The van der Waals surface area contributed by atoms with E-state index in [9.17, 15) is 19.2 Å². The standard InChI is InChI=1S/C32H45N7O4/c33-25(21-22-12-13-23-8-2-3-9-24(23)20-22)31(43)39-19-7-11-27(39)30(42)37-26(10-6-16-36-32(34)35)28(40)14-15-29(41)38-17-4-1-5-18-38/h2-3,8-9,12-13,20,25-27H,1,4-7,10-11,14-19,21,33H2,(H,37,42)(H4,34,35,36)/t25-,26?,27+/m1/s1. The van der Waals surface area contributed by atoms with Crippen LogP contribution in [0.1, 0.15) is 63.4 Å². The maximum absolute atomic E-state index is 13.5. The van der Waals surface area contributed by atoms with Gasteiger partial charge in [-0.1, -0.05) is 42.5 Å². The molecule has 2 aliphatic heterocycles. The maximum Gasteiger partial charge on any atom is 0.243 e. The monoisotopic (exact) mass is 591 g/mol. The summed E-state index contributed by atoms with van der Waals surface area (Å²) in [6, 6.07) is 11.7. The summed E-state index contributed by atoms with van der Waals surface area (Å²) in [5.41, 5.74) is 18.2. The Labute approximate surface area is 253 Å². The first-order valence-electron chi connectivity index (χ1n) is 15.4. The molecular weight excluding hydrogens is 546 g/mol. The Bertz CT molecular complexity index is 1320. The molecule has 0 aromatic heterocycles. The zero-order chi connectivity index (χ0) is 30.8. The van der Waals surface area contributed by atoms with Crippen LogP contribution in [0.5, 0.6) is 0 Å². The van der Waals surface area contributed by atoms with Crippen LogP contribution >= 0.6 is 0 Å². The highest BCUT2D eigenvalue weighted by Gasteiger charge is 2.37. The number of nitrogens with zero attached hydrogens (tertiary/aromatic N) is 3. The Morgan fingerprint density at radius 1 is 0.930 bits per heavy atom. The molecule has 2 fully saturated rings. The summed E-state index contributed by atoms with van der Waals surface area (Å²) in [6.07, 6.45) is 5.51. The van der Waals surface area contributed by atoms with Crippen molar-refractivity contribution in [3.8, 4) is 0 Å². The van der Waals surface area contributed by atoms with Crippen LogP contribution in [-0.2, 0) is 25.6 Å². The fourth-order valence-electron chi connectivity index (χ4n) is 6.01. The molecule has 11 heteroatoms. The molecule has 2 saturated heterocycles. The third-order valence-electron chi connectivity index (χ3n) is 8.37. The summed E-state index contributed by atoms with van der Waals surface area (Å²) in [5.74, 6) is -0.960. The molecule has 2 aromatic rings. The number of benzene rings is 2. The lowest BCUT2D eigenvalue weighted by molar-refractivity contribution is -0.140. The van der Waals surface area contributed by atoms with E-state index in [4.69, 9.17) is 17.2 Å². The molecule has 0 saturated carbocycles. The zero-order valence-corrected chi connectivity index (χ0v) is 24.9. The van der Waals surface area contributed by atoms with Gasteiger partial charge >= 0.3 is 0 Å². The first-order chi connectivity index (χ1) is 20.7. The SMILES string of the molecule is NC(N)=NCCCC(NC(=O)[C@@H]1CCCN1C(=O)[C@H](N)Cc1ccc2ccccc2c1)C(=O)CCC(=O)N1CCCCC1. The lowest BCUT2D eigenvalue weighted by Crippen LogP contribution is -2.54. The fraction of sp³-hybridized carbons (Fsp3) is 0.531. The number of Topliss-reactive ketones (excluding diaryl/α,β-unsaturated/α-hetero) is 1. The van der Waals surface area contributed by atoms with Gasteiger partial charge in [0.2, 0.25) is 17.7 Å². The van der Waals surface area contributed by atoms with Gasteiger partial charge in [0.15, 0.2) is 11.7 Å².